The van der Waals surface area contributed by atoms with E-state index in [-0.39, 0.29) is 34.9 Å². The maximum absolute atomic E-state index is 14.1. The standard InChI is InChI=1S/C40H44N2O4/c1-25-12-15-29(18-26(25)2)41-35(45)24-46-30-16-13-28(14-17-30)36-37-31(19-39(3,4)21-33(37)43)42(23-27-10-8-7-9-11-27)32-20-40(5,6)22-34(44)38(32)36/h7-18,36H,19-24H2,1-6H3,(H,41,45). The molecule has 2 aliphatic carbocycles. The van der Waals surface area contributed by atoms with Gasteiger partial charge in [-0.3, -0.25) is 14.4 Å². The number of carbonyl (C=O) groups is 3. The van der Waals surface area contributed by atoms with Crippen molar-refractivity contribution in [2.75, 3.05) is 11.9 Å². The molecule has 1 N–H and O–H groups in total. The third-order valence-corrected chi connectivity index (χ3v) is 9.58. The largest absolute Gasteiger partial charge is 0.484 e. The Labute approximate surface area is 272 Å². The molecule has 0 spiro atoms. The van der Waals surface area contributed by atoms with Gasteiger partial charge >= 0.3 is 0 Å². The Hall–Kier alpha value is -4.45. The van der Waals surface area contributed by atoms with Gasteiger partial charge in [-0.05, 0) is 84.0 Å². The number of anilines is 1. The van der Waals surface area contributed by atoms with Gasteiger partial charge in [0.05, 0.1) is 0 Å². The molecule has 6 rings (SSSR count). The van der Waals surface area contributed by atoms with Crippen molar-refractivity contribution in [3.05, 3.63) is 118 Å². The Kier molecular flexibility index (Phi) is 8.26. The molecule has 0 fully saturated rings. The van der Waals surface area contributed by atoms with E-state index in [0.717, 1.165) is 57.8 Å². The van der Waals surface area contributed by atoms with Gasteiger partial charge in [0.25, 0.3) is 5.91 Å². The number of amides is 1. The zero-order chi connectivity index (χ0) is 32.8. The SMILES string of the molecule is Cc1ccc(NC(=O)COc2ccc(C3C4=C(CC(C)(C)CC4=O)N(Cc4ccccc4)C4=C3C(=O)CC(C)(C)C4)cc2)cc1C. The van der Waals surface area contributed by atoms with Crippen LogP contribution in [0.2, 0.25) is 0 Å². The molecule has 3 aliphatic rings. The number of carbonyl (C=O) groups excluding carboxylic acids is 3. The number of aryl methyl sites for hydroxylation is 2. The fourth-order valence-corrected chi connectivity index (χ4v) is 7.26. The molecule has 0 bridgehead atoms. The van der Waals surface area contributed by atoms with Crippen LogP contribution in [0.3, 0.4) is 0 Å². The van der Waals surface area contributed by atoms with Crippen LogP contribution in [0.4, 0.5) is 5.69 Å². The lowest BCUT2D eigenvalue weighted by Gasteiger charge is -2.49. The number of allylic oxidation sites excluding steroid dienone is 4. The molecule has 1 heterocycles. The van der Waals surface area contributed by atoms with E-state index < -0.39 is 5.92 Å². The third-order valence-electron chi connectivity index (χ3n) is 9.58. The molecule has 1 amide bonds. The van der Waals surface area contributed by atoms with Crippen LogP contribution in [0.15, 0.2) is 95.3 Å². The second kappa shape index (κ2) is 12.1. The number of hydrogen-bond acceptors (Lipinski definition) is 5. The van der Waals surface area contributed by atoms with Crippen molar-refractivity contribution < 1.29 is 19.1 Å². The molecule has 6 nitrogen and oxygen atoms in total. The average Bonchev–Trinajstić information content (AvgIpc) is 2.98. The van der Waals surface area contributed by atoms with Gasteiger partial charge in [-0.15, -0.1) is 0 Å². The summed E-state index contributed by atoms with van der Waals surface area (Å²) >= 11 is 0. The molecule has 0 saturated heterocycles. The Morgan fingerprint density at radius 3 is 1.93 bits per heavy atom. The smallest absolute Gasteiger partial charge is 0.262 e. The fraction of sp³-hybridized carbons (Fsp3) is 0.375. The molecule has 0 saturated carbocycles. The zero-order valence-corrected chi connectivity index (χ0v) is 27.8. The van der Waals surface area contributed by atoms with E-state index in [1.165, 1.54) is 5.56 Å². The lowest BCUT2D eigenvalue weighted by molar-refractivity contribution is -0.120. The molecular weight excluding hydrogens is 572 g/mol. The van der Waals surface area contributed by atoms with Crippen LogP contribution in [-0.2, 0) is 20.9 Å². The molecular formula is C40H44N2O4. The summed E-state index contributed by atoms with van der Waals surface area (Å²) in [5.41, 5.74) is 8.28. The summed E-state index contributed by atoms with van der Waals surface area (Å²) in [6, 6.07) is 23.7. The van der Waals surface area contributed by atoms with E-state index >= 15 is 0 Å². The van der Waals surface area contributed by atoms with Gasteiger partial charge in [0, 0.05) is 53.5 Å². The summed E-state index contributed by atoms with van der Waals surface area (Å²) in [4.78, 5) is 43.1. The topological polar surface area (TPSA) is 75.7 Å². The highest BCUT2D eigenvalue weighted by Crippen LogP contribution is 2.54. The first-order valence-electron chi connectivity index (χ1n) is 16.2. The third kappa shape index (κ3) is 6.44. The Morgan fingerprint density at radius 2 is 1.37 bits per heavy atom. The van der Waals surface area contributed by atoms with Gasteiger partial charge in [0.2, 0.25) is 0 Å². The number of nitrogens with one attached hydrogen (secondary N) is 1. The van der Waals surface area contributed by atoms with Crippen LogP contribution in [0.5, 0.6) is 5.75 Å². The fourth-order valence-electron chi connectivity index (χ4n) is 7.26. The number of benzene rings is 3. The molecule has 0 atom stereocenters. The average molecular weight is 617 g/mol. The van der Waals surface area contributed by atoms with Crippen molar-refractivity contribution in [3.63, 3.8) is 0 Å². The monoisotopic (exact) mass is 616 g/mol. The molecule has 3 aromatic rings. The minimum Gasteiger partial charge on any atom is -0.484 e. The van der Waals surface area contributed by atoms with E-state index in [2.05, 4.69) is 50.0 Å². The molecule has 0 unspecified atom stereocenters. The van der Waals surface area contributed by atoms with Gasteiger partial charge in [-0.1, -0.05) is 76.2 Å². The van der Waals surface area contributed by atoms with Crippen LogP contribution < -0.4 is 10.1 Å². The highest BCUT2D eigenvalue weighted by Gasteiger charge is 2.48. The van der Waals surface area contributed by atoms with Gasteiger partial charge in [0.15, 0.2) is 18.2 Å². The highest BCUT2D eigenvalue weighted by molar-refractivity contribution is 6.06. The van der Waals surface area contributed by atoms with Crippen LogP contribution in [0.25, 0.3) is 0 Å². The van der Waals surface area contributed by atoms with Crippen molar-refractivity contribution in [1.82, 2.24) is 4.90 Å². The second-order valence-electron chi connectivity index (χ2n) is 14.8. The van der Waals surface area contributed by atoms with E-state index in [1.54, 1.807) is 0 Å². The molecule has 238 valence electrons. The lowest BCUT2D eigenvalue weighted by atomic mass is 9.63. The minimum absolute atomic E-state index is 0.113. The van der Waals surface area contributed by atoms with Gasteiger partial charge in [-0.25, -0.2) is 0 Å². The van der Waals surface area contributed by atoms with Crippen molar-refractivity contribution in [1.29, 1.82) is 0 Å². The normalized spacial score (nSPS) is 19.1. The predicted octanol–water partition coefficient (Wildman–Crippen LogP) is 8.21. The summed E-state index contributed by atoms with van der Waals surface area (Å²) in [5, 5.41) is 2.89. The zero-order valence-electron chi connectivity index (χ0n) is 27.8. The molecule has 1 aliphatic heterocycles. The maximum atomic E-state index is 14.1. The number of ketones is 2. The second-order valence-corrected chi connectivity index (χ2v) is 14.8. The molecule has 6 heteroatoms. The first kappa shape index (κ1) is 31.5. The quantitative estimate of drug-likeness (QED) is 0.290. The predicted molar refractivity (Wildman–Crippen MR) is 181 cm³/mol. The van der Waals surface area contributed by atoms with Crippen LogP contribution in [0, 0.1) is 24.7 Å². The van der Waals surface area contributed by atoms with E-state index in [0.29, 0.717) is 25.1 Å². The number of rotatable bonds is 7. The summed E-state index contributed by atoms with van der Waals surface area (Å²) in [7, 11) is 0. The summed E-state index contributed by atoms with van der Waals surface area (Å²) < 4.78 is 5.85. The summed E-state index contributed by atoms with van der Waals surface area (Å²) in [6.45, 7) is 13.2. The van der Waals surface area contributed by atoms with Gasteiger partial charge in [-0.2, -0.15) is 0 Å². The number of Topliss-reactive ketones (excluding diaryl/α,β-unsaturated/α-hetero) is 2. The van der Waals surface area contributed by atoms with E-state index in [4.69, 9.17) is 4.74 Å². The van der Waals surface area contributed by atoms with Crippen molar-refractivity contribution >= 4 is 23.2 Å². The molecule has 46 heavy (non-hydrogen) atoms. The first-order valence-corrected chi connectivity index (χ1v) is 16.2. The lowest BCUT2D eigenvalue weighted by Crippen LogP contribution is -2.44. The van der Waals surface area contributed by atoms with Crippen LogP contribution >= 0.6 is 0 Å². The van der Waals surface area contributed by atoms with Crippen LogP contribution in [-0.4, -0.2) is 29.0 Å². The number of hydrogen-bond donors (Lipinski definition) is 1. The first-order chi connectivity index (χ1) is 21.8. The Balaban J connectivity index is 1.33. The Bertz CT molecular complexity index is 1710. The number of ether oxygens (including phenoxy) is 1. The van der Waals surface area contributed by atoms with Crippen molar-refractivity contribution in [2.24, 2.45) is 10.8 Å². The minimum atomic E-state index is -0.425. The van der Waals surface area contributed by atoms with Crippen molar-refractivity contribution in [3.8, 4) is 5.75 Å². The van der Waals surface area contributed by atoms with Gasteiger partial charge in [0.1, 0.15) is 5.75 Å². The summed E-state index contributed by atoms with van der Waals surface area (Å²) in [5.74, 6) is 0.111. The van der Waals surface area contributed by atoms with Gasteiger partial charge < -0.3 is 15.0 Å². The summed E-state index contributed by atoms with van der Waals surface area (Å²) in [6.07, 6.45) is 2.42. The molecule has 0 aromatic heterocycles. The van der Waals surface area contributed by atoms with E-state index in [1.807, 2.05) is 74.5 Å². The van der Waals surface area contributed by atoms with Crippen LogP contribution in [0.1, 0.15) is 81.5 Å². The molecule has 0 radical (unpaired) electrons. The highest BCUT2D eigenvalue weighted by atomic mass is 16.5. The van der Waals surface area contributed by atoms with Crippen molar-refractivity contribution in [2.45, 2.75) is 79.7 Å². The number of nitrogens with zero attached hydrogens (tertiary/aromatic N) is 1. The molecule has 3 aromatic carbocycles. The van der Waals surface area contributed by atoms with E-state index in [9.17, 15) is 14.4 Å². The maximum Gasteiger partial charge on any atom is 0.262 e. The Morgan fingerprint density at radius 1 is 0.783 bits per heavy atom.